The fourth-order valence-corrected chi connectivity index (χ4v) is 2.40. The number of hydrogen-bond donors (Lipinski definition) is 2. The summed E-state index contributed by atoms with van der Waals surface area (Å²) in [6.45, 7) is 0.225. The van der Waals surface area contributed by atoms with Crippen molar-refractivity contribution in [2.75, 3.05) is 5.32 Å². The van der Waals surface area contributed by atoms with Gasteiger partial charge in [0.15, 0.2) is 0 Å². The van der Waals surface area contributed by atoms with Crippen LogP contribution in [0.4, 0.5) is 10.1 Å². The number of hydrogen-bond acceptors (Lipinski definition) is 2. The van der Waals surface area contributed by atoms with E-state index in [0.717, 1.165) is 6.07 Å². The van der Waals surface area contributed by atoms with E-state index in [0.29, 0.717) is 26.3 Å². The third kappa shape index (κ3) is 3.59. The van der Waals surface area contributed by atoms with Gasteiger partial charge < -0.3 is 10.4 Å². The van der Waals surface area contributed by atoms with Crippen molar-refractivity contribution in [1.82, 2.24) is 0 Å². The lowest BCUT2D eigenvalue weighted by atomic mass is 10.1. The number of rotatable bonds is 4. The molecule has 2 aromatic rings. The van der Waals surface area contributed by atoms with Crippen LogP contribution in [0.3, 0.4) is 0 Å². The Kier molecular flexibility index (Phi) is 4.93. The summed E-state index contributed by atoms with van der Waals surface area (Å²) in [6.07, 6.45) is 0. The molecule has 0 radical (unpaired) electrons. The van der Waals surface area contributed by atoms with E-state index in [2.05, 4.69) is 5.32 Å². The second kappa shape index (κ2) is 6.52. The Hall–Kier alpha value is -1.49. The summed E-state index contributed by atoms with van der Waals surface area (Å²) in [7, 11) is 0. The van der Waals surface area contributed by atoms with Gasteiger partial charge in [0.05, 0.1) is 15.6 Å². The monoisotopic (exact) mass is 347 g/mol. The zero-order chi connectivity index (χ0) is 15.6. The summed E-state index contributed by atoms with van der Waals surface area (Å²) >= 11 is 18.0. The molecule has 2 N–H and O–H groups in total. The average Bonchev–Trinajstić information content (AvgIpc) is 2.44. The molecule has 21 heavy (non-hydrogen) atoms. The van der Waals surface area contributed by atoms with E-state index in [1.165, 1.54) is 12.1 Å². The molecule has 0 aromatic heterocycles. The average molecular weight is 349 g/mol. The van der Waals surface area contributed by atoms with Gasteiger partial charge >= 0.3 is 5.97 Å². The maximum absolute atomic E-state index is 13.3. The molecular formula is C14H9Cl3FNO2. The second-order valence-electron chi connectivity index (χ2n) is 4.18. The van der Waals surface area contributed by atoms with Crippen molar-refractivity contribution in [1.29, 1.82) is 0 Å². The van der Waals surface area contributed by atoms with Crippen LogP contribution in [0.1, 0.15) is 15.9 Å². The Labute approximate surface area is 135 Å². The van der Waals surface area contributed by atoms with E-state index in [-0.39, 0.29) is 6.54 Å². The first kappa shape index (κ1) is 15.9. The fourth-order valence-electron chi connectivity index (χ4n) is 1.72. The van der Waals surface area contributed by atoms with Crippen molar-refractivity contribution in [3.05, 3.63) is 62.3 Å². The van der Waals surface area contributed by atoms with Crippen molar-refractivity contribution in [2.45, 2.75) is 6.54 Å². The van der Waals surface area contributed by atoms with Gasteiger partial charge in [-0.2, -0.15) is 0 Å². The number of carboxylic acids is 1. The van der Waals surface area contributed by atoms with Crippen molar-refractivity contribution in [3.8, 4) is 0 Å². The summed E-state index contributed by atoms with van der Waals surface area (Å²) in [5.74, 6) is -2.14. The standard InChI is InChI=1S/C14H9Cl3FNO2/c15-10-2-3-11(16)13(17)9(10)6-19-7-1-4-12(18)8(5-7)14(20)21/h1-5,19H,6H2,(H,20,21). The lowest BCUT2D eigenvalue weighted by Crippen LogP contribution is -2.05. The zero-order valence-corrected chi connectivity index (χ0v) is 12.7. The number of aromatic carboxylic acids is 1. The Morgan fingerprint density at radius 3 is 2.48 bits per heavy atom. The highest BCUT2D eigenvalue weighted by atomic mass is 35.5. The molecule has 0 unspecified atom stereocenters. The van der Waals surface area contributed by atoms with Crippen LogP contribution in [-0.2, 0) is 6.54 Å². The van der Waals surface area contributed by atoms with Gasteiger partial charge in [-0.1, -0.05) is 34.8 Å². The van der Waals surface area contributed by atoms with Gasteiger partial charge in [0.25, 0.3) is 0 Å². The first-order valence-electron chi connectivity index (χ1n) is 5.79. The Morgan fingerprint density at radius 2 is 1.81 bits per heavy atom. The minimum absolute atomic E-state index is 0.225. The quantitative estimate of drug-likeness (QED) is 0.756. The third-order valence-corrected chi connectivity index (χ3v) is 4.00. The SMILES string of the molecule is O=C(O)c1cc(NCc2c(Cl)ccc(Cl)c2Cl)ccc1F. The van der Waals surface area contributed by atoms with Crippen LogP contribution < -0.4 is 5.32 Å². The molecule has 110 valence electrons. The molecule has 0 fully saturated rings. The highest BCUT2D eigenvalue weighted by Crippen LogP contribution is 2.32. The largest absolute Gasteiger partial charge is 0.478 e. The molecule has 0 amide bonds. The predicted octanol–water partition coefficient (Wildman–Crippen LogP) is 5.10. The summed E-state index contributed by atoms with van der Waals surface area (Å²) in [6, 6.07) is 6.89. The fraction of sp³-hybridized carbons (Fsp3) is 0.0714. The maximum atomic E-state index is 13.3. The number of halogens is 4. The normalized spacial score (nSPS) is 10.5. The Morgan fingerprint density at radius 1 is 1.14 bits per heavy atom. The molecule has 0 heterocycles. The molecule has 0 bridgehead atoms. The highest BCUT2D eigenvalue weighted by molar-refractivity contribution is 6.44. The van der Waals surface area contributed by atoms with Gasteiger partial charge in [0.1, 0.15) is 5.82 Å². The molecule has 2 rings (SSSR count). The minimum Gasteiger partial charge on any atom is -0.478 e. The number of benzene rings is 2. The first-order valence-corrected chi connectivity index (χ1v) is 6.92. The number of anilines is 1. The molecule has 2 aromatic carbocycles. The number of carbonyl (C=O) groups is 1. The van der Waals surface area contributed by atoms with E-state index in [9.17, 15) is 9.18 Å². The Bertz CT molecular complexity index is 707. The van der Waals surface area contributed by atoms with Gasteiger partial charge in [0, 0.05) is 22.8 Å². The van der Waals surface area contributed by atoms with Gasteiger partial charge in [-0.05, 0) is 30.3 Å². The molecule has 7 heteroatoms. The van der Waals surface area contributed by atoms with Crippen LogP contribution in [-0.4, -0.2) is 11.1 Å². The van der Waals surface area contributed by atoms with Crippen LogP contribution in [0.25, 0.3) is 0 Å². The van der Waals surface area contributed by atoms with E-state index < -0.39 is 17.3 Å². The van der Waals surface area contributed by atoms with E-state index >= 15 is 0 Å². The minimum atomic E-state index is -1.34. The second-order valence-corrected chi connectivity index (χ2v) is 5.37. The van der Waals surface area contributed by atoms with Gasteiger partial charge in [0.2, 0.25) is 0 Å². The molecule has 0 saturated carbocycles. The topological polar surface area (TPSA) is 49.3 Å². The van der Waals surface area contributed by atoms with Crippen molar-refractivity contribution in [2.24, 2.45) is 0 Å². The maximum Gasteiger partial charge on any atom is 0.338 e. The molecule has 3 nitrogen and oxygen atoms in total. The third-order valence-electron chi connectivity index (χ3n) is 2.80. The van der Waals surface area contributed by atoms with E-state index in [1.807, 2.05) is 0 Å². The summed E-state index contributed by atoms with van der Waals surface area (Å²) < 4.78 is 13.3. The number of carboxylic acid groups (broad SMARTS) is 1. The van der Waals surface area contributed by atoms with Crippen molar-refractivity contribution >= 4 is 46.5 Å². The molecule has 0 atom stereocenters. The van der Waals surface area contributed by atoms with Crippen molar-refractivity contribution < 1.29 is 14.3 Å². The summed E-state index contributed by atoms with van der Waals surface area (Å²) in [5, 5.41) is 12.9. The smallest absolute Gasteiger partial charge is 0.338 e. The zero-order valence-electron chi connectivity index (χ0n) is 10.5. The molecule has 0 aliphatic heterocycles. The van der Waals surface area contributed by atoms with Crippen LogP contribution in [0, 0.1) is 5.82 Å². The van der Waals surface area contributed by atoms with Crippen molar-refractivity contribution in [3.63, 3.8) is 0 Å². The van der Waals surface area contributed by atoms with Crippen LogP contribution in [0.15, 0.2) is 30.3 Å². The predicted molar refractivity (Wildman–Crippen MR) is 82.2 cm³/mol. The molecular weight excluding hydrogens is 340 g/mol. The van der Waals surface area contributed by atoms with Crippen LogP contribution in [0.5, 0.6) is 0 Å². The first-order chi connectivity index (χ1) is 9.90. The van der Waals surface area contributed by atoms with Crippen LogP contribution in [0.2, 0.25) is 15.1 Å². The Balaban J connectivity index is 2.23. The molecule has 0 saturated heterocycles. The van der Waals surface area contributed by atoms with Crippen LogP contribution >= 0.6 is 34.8 Å². The number of nitrogens with one attached hydrogen (secondary N) is 1. The summed E-state index contributed by atoms with van der Waals surface area (Å²) in [4.78, 5) is 10.9. The molecule has 0 aliphatic rings. The molecule has 0 aliphatic carbocycles. The van der Waals surface area contributed by atoms with Gasteiger partial charge in [-0.3, -0.25) is 0 Å². The lowest BCUT2D eigenvalue weighted by molar-refractivity contribution is 0.0692. The lowest BCUT2D eigenvalue weighted by Gasteiger charge is -2.11. The van der Waals surface area contributed by atoms with E-state index in [4.69, 9.17) is 39.9 Å². The molecule has 0 spiro atoms. The highest BCUT2D eigenvalue weighted by Gasteiger charge is 2.12. The van der Waals surface area contributed by atoms with Gasteiger partial charge in [-0.25, -0.2) is 9.18 Å². The summed E-state index contributed by atoms with van der Waals surface area (Å²) in [5.41, 5.74) is 0.594. The van der Waals surface area contributed by atoms with Gasteiger partial charge in [-0.15, -0.1) is 0 Å². The van der Waals surface area contributed by atoms with E-state index in [1.54, 1.807) is 12.1 Å².